The van der Waals surface area contributed by atoms with Crippen molar-refractivity contribution in [2.75, 3.05) is 19.6 Å². The molecule has 1 atom stereocenters. The van der Waals surface area contributed by atoms with Crippen molar-refractivity contribution in [3.05, 3.63) is 36.2 Å². The zero-order valence-corrected chi connectivity index (χ0v) is 16.4. The van der Waals surface area contributed by atoms with Gasteiger partial charge in [0, 0.05) is 31.6 Å². The number of carbonyl (C=O) groups is 2. The van der Waals surface area contributed by atoms with Gasteiger partial charge in [-0.1, -0.05) is 30.3 Å². The maximum atomic E-state index is 12.6. The number of nitrogens with two attached hydrogens (primary N) is 2. The lowest BCUT2D eigenvalue weighted by atomic mass is 10.1. The number of nitrogens with one attached hydrogen (secondary N) is 1. The van der Waals surface area contributed by atoms with Gasteiger partial charge in [0.25, 0.3) is 0 Å². The Morgan fingerprint density at radius 2 is 1.93 bits per heavy atom. The molecule has 0 bridgehead atoms. The predicted molar refractivity (Wildman–Crippen MR) is 108 cm³/mol. The van der Waals surface area contributed by atoms with Gasteiger partial charge in [-0.15, -0.1) is 12.4 Å². The summed E-state index contributed by atoms with van der Waals surface area (Å²) in [7, 11) is 0. The van der Waals surface area contributed by atoms with Crippen molar-refractivity contribution in [3.63, 3.8) is 0 Å². The van der Waals surface area contributed by atoms with Gasteiger partial charge in [0.05, 0.1) is 12.6 Å². The van der Waals surface area contributed by atoms with Crippen LogP contribution in [-0.4, -0.2) is 57.3 Å². The van der Waals surface area contributed by atoms with Gasteiger partial charge < -0.3 is 21.7 Å². The van der Waals surface area contributed by atoms with E-state index >= 15 is 0 Å². The summed E-state index contributed by atoms with van der Waals surface area (Å²) >= 11 is 0. The molecule has 0 saturated heterocycles. The third-order valence-electron chi connectivity index (χ3n) is 4.59. The Kier molecular flexibility index (Phi) is 7.77. The SMILES string of the molecule is Cl.NC(=O)NCCC[C@H](N)C(=O)N1CCc2nc(-c3ccccc3)nn2CC1. The molecule has 28 heavy (non-hydrogen) atoms. The molecule has 5 N–H and O–H groups in total. The third-order valence-corrected chi connectivity index (χ3v) is 4.59. The lowest BCUT2D eigenvalue weighted by molar-refractivity contribution is -0.132. The van der Waals surface area contributed by atoms with Crippen LogP contribution in [0, 0.1) is 0 Å². The van der Waals surface area contributed by atoms with Crippen molar-refractivity contribution in [2.45, 2.75) is 31.8 Å². The van der Waals surface area contributed by atoms with E-state index in [9.17, 15) is 9.59 Å². The summed E-state index contributed by atoms with van der Waals surface area (Å²) < 4.78 is 1.87. The number of amides is 3. The first-order chi connectivity index (χ1) is 13.0. The molecule has 3 amide bonds. The minimum atomic E-state index is -0.585. The zero-order chi connectivity index (χ0) is 19.2. The van der Waals surface area contributed by atoms with Crippen LogP contribution in [0.25, 0.3) is 11.4 Å². The largest absolute Gasteiger partial charge is 0.352 e. The molecule has 10 heteroatoms. The van der Waals surface area contributed by atoms with Crippen LogP contribution in [0.4, 0.5) is 4.79 Å². The Balaban J connectivity index is 0.00000280. The van der Waals surface area contributed by atoms with E-state index < -0.39 is 12.1 Å². The molecule has 0 spiro atoms. The van der Waals surface area contributed by atoms with Gasteiger partial charge in [-0.05, 0) is 12.8 Å². The first-order valence-corrected chi connectivity index (χ1v) is 9.11. The Morgan fingerprint density at radius 3 is 2.64 bits per heavy atom. The van der Waals surface area contributed by atoms with Gasteiger partial charge in [0.2, 0.25) is 5.91 Å². The van der Waals surface area contributed by atoms with E-state index in [4.69, 9.17) is 11.5 Å². The van der Waals surface area contributed by atoms with Gasteiger partial charge >= 0.3 is 6.03 Å². The number of carbonyl (C=O) groups excluding carboxylic acids is 2. The maximum Gasteiger partial charge on any atom is 0.312 e. The Morgan fingerprint density at radius 1 is 1.18 bits per heavy atom. The second kappa shape index (κ2) is 10.0. The Labute approximate surface area is 169 Å². The number of fused-ring (bicyclic) bond motifs is 1. The van der Waals surface area contributed by atoms with Gasteiger partial charge in [-0.3, -0.25) is 4.79 Å². The second-order valence-electron chi connectivity index (χ2n) is 6.56. The van der Waals surface area contributed by atoms with E-state index in [-0.39, 0.29) is 18.3 Å². The van der Waals surface area contributed by atoms with E-state index in [0.717, 1.165) is 11.4 Å². The van der Waals surface area contributed by atoms with Crippen molar-refractivity contribution in [3.8, 4) is 11.4 Å². The highest BCUT2D eigenvalue weighted by molar-refractivity contribution is 5.85. The molecule has 1 aliphatic rings. The third kappa shape index (κ3) is 5.43. The Hall–Kier alpha value is -2.65. The standard InChI is InChI=1S/C18H25N7O2.ClH/c19-14(7-4-9-21-18(20)27)17(26)24-10-8-15-22-16(23-25(15)12-11-24)13-5-2-1-3-6-13;/h1-3,5-6,14H,4,7-12,19H2,(H3,20,21,27);1H/t14-;/m0./s1. The van der Waals surface area contributed by atoms with Gasteiger partial charge in [0.1, 0.15) is 5.82 Å². The average Bonchev–Trinajstić information content (AvgIpc) is 2.98. The van der Waals surface area contributed by atoms with Crippen LogP contribution < -0.4 is 16.8 Å². The fourth-order valence-corrected chi connectivity index (χ4v) is 3.12. The lowest BCUT2D eigenvalue weighted by Gasteiger charge is -2.23. The molecule has 0 unspecified atom stereocenters. The van der Waals surface area contributed by atoms with E-state index in [1.165, 1.54) is 0 Å². The zero-order valence-electron chi connectivity index (χ0n) is 15.6. The number of halogens is 1. The summed E-state index contributed by atoms with van der Waals surface area (Å²) in [5, 5.41) is 7.08. The summed E-state index contributed by atoms with van der Waals surface area (Å²) in [5.41, 5.74) is 12.0. The smallest absolute Gasteiger partial charge is 0.312 e. The number of rotatable bonds is 6. The van der Waals surface area contributed by atoms with E-state index in [2.05, 4.69) is 15.4 Å². The van der Waals surface area contributed by atoms with Crippen molar-refractivity contribution >= 4 is 24.3 Å². The minimum absolute atomic E-state index is 0. The quantitative estimate of drug-likeness (QED) is 0.601. The highest BCUT2D eigenvalue weighted by Crippen LogP contribution is 2.17. The van der Waals surface area contributed by atoms with Gasteiger partial charge in [-0.2, -0.15) is 5.10 Å². The molecule has 0 saturated carbocycles. The number of hydrogen-bond acceptors (Lipinski definition) is 5. The number of nitrogens with zero attached hydrogens (tertiary/aromatic N) is 4. The molecule has 1 aromatic carbocycles. The van der Waals surface area contributed by atoms with Crippen LogP contribution in [0.5, 0.6) is 0 Å². The lowest BCUT2D eigenvalue weighted by Crippen LogP contribution is -2.45. The molecule has 1 aliphatic heterocycles. The Bertz CT molecular complexity index is 771. The fourth-order valence-electron chi connectivity index (χ4n) is 3.12. The van der Waals surface area contributed by atoms with E-state index in [1.54, 1.807) is 4.90 Å². The minimum Gasteiger partial charge on any atom is -0.352 e. The summed E-state index contributed by atoms with van der Waals surface area (Å²) in [6, 6.07) is 8.69. The molecule has 2 aromatic rings. The number of hydrogen-bond donors (Lipinski definition) is 3. The van der Waals surface area contributed by atoms with Crippen molar-refractivity contribution in [1.82, 2.24) is 25.0 Å². The molecular formula is C18H26ClN7O2. The van der Waals surface area contributed by atoms with Gasteiger partial charge in [-0.25, -0.2) is 14.5 Å². The van der Waals surface area contributed by atoms with Crippen LogP contribution >= 0.6 is 12.4 Å². The topological polar surface area (TPSA) is 132 Å². The molecule has 152 valence electrons. The first kappa shape index (κ1) is 21.6. The highest BCUT2D eigenvalue weighted by Gasteiger charge is 2.24. The van der Waals surface area contributed by atoms with Gasteiger partial charge in [0.15, 0.2) is 5.82 Å². The first-order valence-electron chi connectivity index (χ1n) is 9.11. The summed E-state index contributed by atoms with van der Waals surface area (Å²) in [6.07, 6.45) is 1.74. The molecular weight excluding hydrogens is 382 g/mol. The van der Waals surface area contributed by atoms with Crippen LogP contribution in [0.15, 0.2) is 30.3 Å². The molecule has 0 fully saturated rings. The summed E-state index contributed by atoms with van der Waals surface area (Å²) in [6.45, 7) is 2.13. The van der Waals surface area contributed by atoms with E-state index in [1.807, 2.05) is 35.0 Å². The van der Waals surface area contributed by atoms with Crippen LogP contribution in [0.2, 0.25) is 0 Å². The monoisotopic (exact) mass is 407 g/mol. The molecule has 0 aliphatic carbocycles. The number of urea groups is 1. The average molecular weight is 408 g/mol. The van der Waals surface area contributed by atoms with Crippen molar-refractivity contribution in [2.24, 2.45) is 11.5 Å². The normalized spacial score (nSPS) is 14.4. The van der Waals surface area contributed by atoms with Crippen LogP contribution in [0.3, 0.4) is 0 Å². The number of aromatic nitrogens is 3. The van der Waals surface area contributed by atoms with E-state index in [0.29, 0.717) is 51.3 Å². The predicted octanol–water partition coefficient (Wildman–Crippen LogP) is 0.527. The van der Waals surface area contributed by atoms with Crippen LogP contribution in [0.1, 0.15) is 18.7 Å². The summed E-state index contributed by atoms with van der Waals surface area (Å²) in [5.74, 6) is 1.51. The van der Waals surface area contributed by atoms with Crippen LogP contribution in [-0.2, 0) is 17.8 Å². The fraction of sp³-hybridized carbons (Fsp3) is 0.444. The molecule has 2 heterocycles. The molecule has 1 aromatic heterocycles. The molecule has 3 rings (SSSR count). The van der Waals surface area contributed by atoms with Crippen molar-refractivity contribution in [1.29, 1.82) is 0 Å². The number of benzene rings is 1. The molecule has 9 nitrogen and oxygen atoms in total. The number of primary amides is 1. The second-order valence-corrected chi connectivity index (χ2v) is 6.56. The molecule has 0 radical (unpaired) electrons. The highest BCUT2D eigenvalue weighted by atomic mass is 35.5. The summed E-state index contributed by atoms with van der Waals surface area (Å²) in [4.78, 5) is 29.6. The van der Waals surface area contributed by atoms with Crippen molar-refractivity contribution < 1.29 is 9.59 Å². The maximum absolute atomic E-state index is 12.6.